The third kappa shape index (κ3) is 4.09. The summed E-state index contributed by atoms with van der Waals surface area (Å²) in [5.74, 6) is -0.171. The summed E-state index contributed by atoms with van der Waals surface area (Å²) in [6.45, 7) is 3.61. The average molecular weight is 283 g/mol. The van der Waals surface area contributed by atoms with E-state index in [1.165, 1.54) is 11.8 Å². The van der Waals surface area contributed by atoms with Gasteiger partial charge in [0.2, 0.25) is 0 Å². The lowest BCUT2D eigenvalue weighted by Gasteiger charge is -2.26. The number of piperidine rings is 1. The molecule has 0 atom stereocenters. The maximum Gasteiger partial charge on any atom is 0.266 e. The van der Waals surface area contributed by atoms with Gasteiger partial charge in [0.1, 0.15) is 11.6 Å². The van der Waals surface area contributed by atoms with Crippen LogP contribution in [0.1, 0.15) is 31.7 Å². The molecule has 0 radical (unpaired) electrons. The van der Waals surface area contributed by atoms with Crippen molar-refractivity contribution in [1.29, 1.82) is 5.26 Å². The second kappa shape index (κ2) is 7.49. The zero-order valence-electron chi connectivity index (χ0n) is 12.4. The van der Waals surface area contributed by atoms with E-state index in [4.69, 9.17) is 0 Å². The number of carbonyl (C=O) groups excluding carboxylic acids is 1. The summed E-state index contributed by atoms with van der Waals surface area (Å²) < 4.78 is 0. The monoisotopic (exact) mass is 283 g/mol. The van der Waals surface area contributed by atoms with Crippen molar-refractivity contribution in [2.24, 2.45) is 0 Å². The van der Waals surface area contributed by atoms with Crippen molar-refractivity contribution in [1.82, 2.24) is 4.90 Å². The van der Waals surface area contributed by atoms with Gasteiger partial charge in [-0.15, -0.1) is 0 Å². The van der Waals surface area contributed by atoms with Gasteiger partial charge >= 0.3 is 0 Å². The van der Waals surface area contributed by atoms with Crippen LogP contribution in [0.15, 0.2) is 36.0 Å². The zero-order chi connectivity index (χ0) is 15.1. The summed E-state index contributed by atoms with van der Waals surface area (Å²) in [6, 6.07) is 9.98. The van der Waals surface area contributed by atoms with Gasteiger partial charge in [-0.1, -0.05) is 19.1 Å². The Morgan fingerprint density at radius 1 is 1.29 bits per heavy atom. The van der Waals surface area contributed by atoms with Crippen LogP contribution < -0.4 is 5.32 Å². The Morgan fingerprint density at radius 2 is 1.95 bits per heavy atom. The Bertz CT molecular complexity index is 548. The molecule has 1 amide bonds. The van der Waals surface area contributed by atoms with E-state index in [9.17, 15) is 10.1 Å². The molecule has 1 fully saturated rings. The van der Waals surface area contributed by atoms with E-state index in [2.05, 4.69) is 12.2 Å². The minimum absolute atomic E-state index is 0.163. The molecule has 0 spiro atoms. The number of nitrogens with zero attached hydrogens (tertiary/aromatic N) is 2. The normalized spacial score (nSPS) is 15.4. The molecule has 1 N–H and O–H groups in total. The highest BCUT2D eigenvalue weighted by molar-refractivity contribution is 5.97. The van der Waals surface area contributed by atoms with Crippen molar-refractivity contribution in [3.63, 3.8) is 0 Å². The van der Waals surface area contributed by atoms with Gasteiger partial charge in [0.15, 0.2) is 0 Å². The number of anilines is 1. The molecule has 1 aliphatic rings. The minimum Gasteiger partial charge on any atom is -0.360 e. The first-order valence-corrected chi connectivity index (χ1v) is 7.49. The second-order valence-electron chi connectivity index (χ2n) is 5.22. The van der Waals surface area contributed by atoms with Crippen molar-refractivity contribution in [3.05, 3.63) is 41.6 Å². The highest BCUT2D eigenvalue weighted by Gasteiger charge is 2.19. The van der Waals surface area contributed by atoms with Crippen LogP contribution in [0.25, 0.3) is 0 Å². The Kier molecular flexibility index (Phi) is 5.39. The van der Waals surface area contributed by atoms with Crippen LogP contribution >= 0.6 is 0 Å². The van der Waals surface area contributed by atoms with Gasteiger partial charge in [-0.3, -0.25) is 4.79 Å². The first kappa shape index (κ1) is 15.1. The molecule has 0 bridgehead atoms. The van der Waals surface area contributed by atoms with E-state index in [1.807, 2.05) is 30.3 Å². The maximum atomic E-state index is 12.2. The lowest BCUT2D eigenvalue weighted by molar-refractivity contribution is -0.127. The number of amides is 1. The van der Waals surface area contributed by atoms with Gasteiger partial charge in [0.25, 0.3) is 5.91 Å². The highest BCUT2D eigenvalue weighted by Crippen LogP contribution is 2.13. The summed E-state index contributed by atoms with van der Waals surface area (Å²) in [5, 5.41) is 12.2. The van der Waals surface area contributed by atoms with E-state index in [0.29, 0.717) is 0 Å². The second-order valence-corrected chi connectivity index (χ2v) is 5.22. The molecule has 4 heteroatoms. The Labute approximate surface area is 126 Å². The molecule has 0 aliphatic carbocycles. The smallest absolute Gasteiger partial charge is 0.266 e. The molecule has 1 aromatic rings. The lowest BCUT2D eigenvalue weighted by atomic mass is 10.1. The van der Waals surface area contributed by atoms with Gasteiger partial charge < -0.3 is 10.2 Å². The van der Waals surface area contributed by atoms with Crippen LogP contribution in [-0.4, -0.2) is 23.9 Å². The number of hydrogen-bond donors (Lipinski definition) is 1. The fraction of sp³-hybridized carbons (Fsp3) is 0.412. The molecule has 0 saturated carbocycles. The number of benzene rings is 1. The fourth-order valence-corrected chi connectivity index (χ4v) is 2.40. The van der Waals surface area contributed by atoms with E-state index in [0.717, 1.165) is 44.5 Å². The molecule has 1 heterocycles. The number of aryl methyl sites for hydroxylation is 1. The zero-order valence-corrected chi connectivity index (χ0v) is 12.4. The van der Waals surface area contributed by atoms with Crippen LogP contribution in [0.4, 0.5) is 5.69 Å². The van der Waals surface area contributed by atoms with Crippen LogP contribution in [0.5, 0.6) is 0 Å². The van der Waals surface area contributed by atoms with Crippen LogP contribution in [0.3, 0.4) is 0 Å². The first-order chi connectivity index (χ1) is 10.2. The van der Waals surface area contributed by atoms with Gasteiger partial charge in [-0.25, -0.2) is 0 Å². The van der Waals surface area contributed by atoms with E-state index in [-0.39, 0.29) is 11.5 Å². The molecule has 0 aromatic heterocycles. The molecular formula is C17H21N3O. The Balaban J connectivity index is 2.02. The third-order valence-corrected chi connectivity index (χ3v) is 3.74. The Morgan fingerprint density at radius 3 is 2.52 bits per heavy atom. The number of rotatable bonds is 4. The average Bonchev–Trinajstić information content (AvgIpc) is 2.56. The summed E-state index contributed by atoms with van der Waals surface area (Å²) in [6.07, 6.45) is 5.72. The van der Waals surface area contributed by atoms with Crippen LogP contribution in [-0.2, 0) is 11.2 Å². The van der Waals surface area contributed by atoms with E-state index < -0.39 is 0 Å². The van der Waals surface area contributed by atoms with Gasteiger partial charge in [-0.2, -0.15) is 5.26 Å². The molecule has 1 aromatic carbocycles. The summed E-state index contributed by atoms with van der Waals surface area (Å²) >= 11 is 0. The molecule has 110 valence electrons. The largest absolute Gasteiger partial charge is 0.360 e. The van der Waals surface area contributed by atoms with Gasteiger partial charge in [0.05, 0.1) is 0 Å². The highest BCUT2D eigenvalue weighted by atomic mass is 16.2. The van der Waals surface area contributed by atoms with Crippen molar-refractivity contribution in [3.8, 4) is 6.07 Å². The SMILES string of the molecule is CCc1ccc(N/C=C(/C#N)C(=O)N2CCCCC2)cc1. The molecular weight excluding hydrogens is 262 g/mol. The van der Waals surface area contributed by atoms with Crippen molar-refractivity contribution >= 4 is 11.6 Å². The summed E-state index contributed by atoms with van der Waals surface area (Å²) in [7, 11) is 0. The number of likely N-dealkylation sites (tertiary alicyclic amines) is 1. The van der Waals surface area contributed by atoms with Crippen molar-refractivity contribution < 1.29 is 4.79 Å². The number of carbonyl (C=O) groups is 1. The number of nitriles is 1. The molecule has 1 saturated heterocycles. The molecule has 0 unspecified atom stereocenters. The predicted octanol–water partition coefficient (Wildman–Crippen LogP) is 3.08. The lowest BCUT2D eigenvalue weighted by Crippen LogP contribution is -2.36. The molecule has 21 heavy (non-hydrogen) atoms. The number of hydrogen-bond acceptors (Lipinski definition) is 3. The van der Waals surface area contributed by atoms with E-state index >= 15 is 0 Å². The topological polar surface area (TPSA) is 56.1 Å². The van der Waals surface area contributed by atoms with Crippen molar-refractivity contribution in [2.45, 2.75) is 32.6 Å². The minimum atomic E-state index is -0.171. The van der Waals surface area contributed by atoms with Crippen LogP contribution in [0.2, 0.25) is 0 Å². The first-order valence-electron chi connectivity index (χ1n) is 7.49. The van der Waals surface area contributed by atoms with Crippen LogP contribution in [0, 0.1) is 11.3 Å². The number of nitrogens with one attached hydrogen (secondary N) is 1. The van der Waals surface area contributed by atoms with Gasteiger partial charge in [-0.05, 0) is 43.4 Å². The molecule has 2 rings (SSSR count). The Hall–Kier alpha value is -2.28. The van der Waals surface area contributed by atoms with E-state index in [1.54, 1.807) is 4.90 Å². The standard InChI is InChI=1S/C17H21N3O/c1-2-14-6-8-16(9-7-14)19-13-15(12-18)17(21)20-10-4-3-5-11-20/h6-9,13,19H,2-5,10-11H2,1H3/b15-13-. The fourth-order valence-electron chi connectivity index (χ4n) is 2.40. The predicted molar refractivity (Wildman–Crippen MR) is 83.6 cm³/mol. The summed E-state index contributed by atoms with van der Waals surface area (Å²) in [5.41, 5.74) is 2.30. The van der Waals surface area contributed by atoms with Gasteiger partial charge in [0, 0.05) is 25.0 Å². The van der Waals surface area contributed by atoms with Crippen molar-refractivity contribution in [2.75, 3.05) is 18.4 Å². The quantitative estimate of drug-likeness (QED) is 0.682. The maximum absolute atomic E-state index is 12.2. The summed E-state index contributed by atoms with van der Waals surface area (Å²) in [4.78, 5) is 14.0. The third-order valence-electron chi connectivity index (χ3n) is 3.74. The molecule has 4 nitrogen and oxygen atoms in total. The molecule has 1 aliphatic heterocycles.